The van der Waals surface area contributed by atoms with Gasteiger partial charge in [-0.15, -0.1) is 0 Å². The first-order valence-corrected chi connectivity index (χ1v) is 18.1. The Morgan fingerprint density at radius 3 is 2.14 bits per heavy atom. The zero-order valence-corrected chi connectivity index (χ0v) is 30.1. The highest BCUT2D eigenvalue weighted by molar-refractivity contribution is 5.95. The van der Waals surface area contributed by atoms with E-state index in [2.05, 4.69) is 32.7 Å². The van der Waals surface area contributed by atoms with E-state index in [0.717, 1.165) is 36.0 Å². The van der Waals surface area contributed by atoms with E-state index in [9.17, 15) is 19.2 Å². The minimum absolute atomic E-state index is 0.0617. The van der Waals surface area contributed by atoms with E-state index in [4.69, 9.17) is 4.74 Å². The maximum atomic E-state index is 14.1. The number of fused-ring (bicyclic) bond motifs is 1. The first-order chi connectivity index (χ1) is 24.5. The summed E-state index contributed by atoms with van der Waals surface area (Å²) in [5, 5.41) is 15.3. The molecule has 1 fully saturated rings. The van der Waals surface area contributed by atoms with Crippen LogP contribution in [0.3, 0.4) is 0 Å². The zero-order valence-electron chi connectivity index (χ0n) is 30.1. The highest BCUT2D eigenvalue weighted by atomic mass is 16.5. The monoisotopic (exact) mass is 695 g/mol. The van der Waals surface area contributed by atoms with Crippen LogP contribution in [0.5, 0.6) is 0 Å². The van der Waals surface area contributed by atoms with Crippen LogP contribution in [0.1, 0.15) is 81.2 Å². The summed E-state index contributed by atoms with van der Waals surface area (Å²) in [7, 11) is 0. The van der Waals surface area contributed by atoms with Gasteiger partial charge in [0.05, 0.1) is 31.2 Å². The number of carbonyl (C=O) groups excluding carboxylic acids is 4. The third-order valence-electron chi connectivity index (χ3n) is 9.51. The van der Waals surface area contributed by atoms with Crippen molar-refractivity contribution in [1.29, 1.82) is 0 Å². The number of carbonyl (C=O) groups is 4. The van der Waals surface area contributed by atoms with Gasteiger partial charge in [0.15, 0.2) is 0 Å². The summed E-state index contributed by atoms with van der Waals surface area (Å²) in [5.41, 5.74) is 3.67. The molecule has 272 valence electrons. The number of aryl methyl sites for hydroxylation is 2. The van der Waals surface area contributed by atoms with Crippen molar-refractivity contribution in [3.63, 3.8) is 0 Å². The predicted octanol–water partition coefficient (Wildman–Crippen LogP) is 4.28. The maximum Gasteiger partial charge on any atom is 0.243 e. The SMILES string of the molecule is CC(C)(C)CNC(=O)CC(NC(=O)CC1(NCc2ccccc2)COC1)C(=O)NC(CCc1ccccc1)C(=O)N[C@@H]1CCCc2ccccc21. The fourth-order valence-corrected chi connectivity index (χ4v) is 6.56. The van der Waals surface area contributed by atoms with E-state index in [-0.39, 0.29) is 42.0 Å². The first kappa shape index (κ1) is 37.7. The van der Waals surface area contributed by atoms with Gasteiger partial charge in [-0.05, 0) is 59.8 Å². The molecule has 3 aromatic carbocycles. The molecule has 1 heterocycles. The Balaban J connectivity index is 1.30. The topological polar surface area (TPSA) is 138 Å². The molecule has 5 N–H and O–H groups in total. The Morgan fingerprint density at radius 2 is 1.47 bits per heavy atom. The third kappa shape index (κ3) is 11.5. The highest BCUT2D eigenvalue weighted by Crippen LogP contribution is 2.29. The van der Waals surface area contributed by atoms with Crippen LogP contribution in [0.15, 0.2) is 84.9 Å². The summed E-state index contributed by atoms with van der Waals surface area (Å²) in [6.07, 6.45) is 3.41. The summed E-state index contributed by atoms with van der Waals surface area (Å²) in [5.74, 6) is -1.62. The van der Waals surface area contributed by atoms with Crippen LogP contribution in [-0.4, -0.2) is 61.0 Å². The highest BCUT2D eigenvalue weighted by Gasteiger charge is 2.41. The first-order valence-electron chi connectivity index (χ1n) is 18.1. The normalized spacial score (nSPS) is 17.5. The van der Waals surface area contributed by atoms with Crippen molar-refractivity contribution < 1.29 is 23.9 Å². The predicted molar refractivity (Wildman–Crippen MR) is 197 cm³/mol. The van der Waals surface area contributed by atoms with Crippen LogP contribution in [0.4, 0.5) is 0 Å². The fraction of sp³-hybridized carbons (Fsp3) is 0.463. The molecule has 3 atom stereocenters. The minimum Gasteiger partial charge on any atom is -0.377 e. The van der Waals surface area contributed by atoms with E-state index in [0.29, 0.717) is 39.1 Å². The van der Waals surface area contributed by atoms with Gasteiger partial charge in [0.2, 0.25) is 23.6 Å². The number of rotatable bonds is 16. The Hall–Kier alpha value is -4.54. The summed E-state index contributed by atoms with van der Waals surface area (Å²) in [6.45, 7) is 7.67. The Kier molecular flexibility index (Phi) is 13.0. The molecular formula is C41H53N5O5. The van der Waals surface area contributed by atoms with E-state index in [1.165, 1.54) is 5.56 Å². The Labute approximate surface area is 301 Å². The number of benzene rings is 3. The standard InChI is InChI=1S/C41H53N5O5/c1-40(2,3)26-42-36(47)23-35(44-37(48)24-41(27-51-28-41)43-25-30-15-8-5-9-16-30)39(50)46-34(22-21-29-13-6-4-7-14-29)38(49)45-33-20-12-18-31-17-10-11-19-32(31)33/h4-11,13-17,19,33-35,43H,12,18,20-28H2,1-3H3,(H,42,47)(H,44,48)(H,45,49)(H,46,50)/t33-,34?,35?/m1/s1. The molecule has 1 aliphatic carbocycles. The molecule has 2 aliphatic rings. The van der Waals surface area contributed by atoms with Gasteiger partial charge in [-0.1, -0.05) is 106 Å². The Bertz CT molecular complexity index is 1620. The van der Waals surface area contributed by atoms with Crippen LogP contribution in [0.2, 0.25) is 0 Å². The lowest BCUT2D eigenvalue weighted by Crippen LogP contribution is -2.63. The quantitative estimate of drug-likeness (QED) is 0.152. The molecule has 0 aromatic heterocycles. The van der Waals surface area contributed by atoms with Crippen molar-refractivity contribution in [3.8, 4) is 0 Å². The van der Waals surface area contributed by atoms with Crippen molar-refractivity contribution >= 4 is 23.6 Å². The second kappa shape index (κ2) is 17.6. The summed E-state index contributed by atoms with van der Waals surface area (Å²) in [6, 6.07) is 25.6. The van der Waals surface area contributed by atoms with E-state index in [1.54, 1.807) is 0 Å². The van der Waals surface area contributed by atoms with Crippen molar-refractivity contribution in [3.05, 3.63) is 107 Å². The van der Waals surface area contributed by atoms with Gasteiger partial charge >= 0.3 is 0 Å². The molecule has 3 aromatic rings. The van der Waals surface area contributed by atoms with Crippen LogP contribution >= 0.6 is 0 Å². The average molecular weight is 696 g/mol. The molecule has 0 saturated carbocycles. The lowest BCUT2D eigenvalue weighted by molar-refractivity contribution is -0.137. The third-order valence-corrected chi connectivity index (χ3v) is 9.51. The van der Waals surface area contributed by atoms with Crippen molar-refractivity contribution in [2.45, 2.75) is 95.9 Å². The lowest BCUT2D eigenvalue weighted by Gasteiger charge is -2.42. The average Bonchev–Trinajstić information content (AvgIpc) is 3.10. The lowest BCUT2D eigenvalue weighted by atomic mass is 9.87. The summed E-state index contributed by atoms with van der Waals surface area (Å²) < 4.78 is 5.50. The molecule has 1 aliphatic heterocycles. The van der Waals surface area contributed by atoms with Crippen molar-refractivity contribution in [2.75, 3.05) is 19.8 Å². The fourth-order valence-electron chi connectivity index (χ4n) is 6.56. The zero-order chi connectivity index (χ0) is 36.3. The molecule has 0 radical (unpaired) electrons. The van der Waals surface area contributed by atoms with Gasteiger partial charge < -0.3 is 31.3 Å². The number of hydrogen-bond donors (Lipinski definition) is 5. The number of ether oxygens (including phenoxy) is 1. The molecule has 0 spiro atoms. The minimum atomic E-state index is -1.19. The van der Waals surface area contributed by atoms with Crippen LogP contribution in [0, 0.1) is 5.41 Å². The Morgan fingerprint density at radius 1 is 0.804 bits per heavy atom. The van der Waals surface area contributed by atoms with E-state index < -0.39 is 23.5 Å². The molecule has 0 bridgehead atoms. The largest absolute Gasteiger partial charge is 0.377 e. The van der Waals surface area contributed by atoms with E-state index >= 15 is 0 Å². The van der Waals surface area contributed by atoms with Crippen LogP contribution in [0.25, 0.3) is 0 Å². The number of amides is 4. The van der Waals surface area contributed by atoms with Gasteiger partial charge in [-0.25, -0.2) is 0 Å². The molecule has 10 nitrogen and oxygen atoms in total. The molecule has 2 unspecified atom stereocenters. The van der Waals surface area contributed by atoms with Gasteiger partial charge in [-0.3, -0.25) is 19.2 Å². The van der Waals surface area contributed by atoms with Crippen molar-refractivity contribution in [2.24, 2.45) is 5.41 Å². The van der Waals surface area contributed by atoms with E-state index in [1.807, 2.05) is 99.6 Å². The maximum absolute atomic E-state index is 14.1. The van der Waals surface area contributed by atoms with Crippen LogP contribution in [-0.2, 0) is 43.3 Å². The molecule has 5 rings (SSSR count). The summed E-state index contributed by atoms with van der Waals surface area (Å²) >= 11 is 0. The molecule has 10 heteroatoms. The van der Waals surface area contributed by atoms with Crippen LogP contribution < -0.4 is 26.6 Å². The second-order valence-electron chi connectivity index (χ2n) is 15.2. The molecule has 4 amide bonds. The molecular weight excluding hydrogens is 642 g/mol. The van der Waals surface area contributed by atoms with Gasteiger partial charge in [0.25, 0.3) is 0 Å². The number of hydrogen-bond acceptors (Lipinski definition) is 6. The smallest absolute Gasteiger partial charge is 0.243 e. The van der Waals surface area contributed by atoms with Crippen molar-refractivity contribution in [1.82, 2.24) is 26.6 Å². The molecule has 51 heavy (non-hydrogen) atoms. The van der Waals surface area contributed by atoms with Gasteiger partial charge in [0.1, 0.15) is 12.1 Å². The number of nitrogens with one attached hydrogen (secondary N) is 5. The summed E-state index contributed by atoms with van der Waals surface area (Å²) in [4.78, 5) is 54.8. The molecule has 1 saturated heterocycles. The van der Waals surface area contributed by atoms with Gasteiger partial charge in [-0.2, -0.15) is 0 Å². The second-order valence-corrected chi connectivity index (χ2v) is 15.2. The van der Waals surface area contributed by atoms with Gasteiger partial charge in [0, 0.05) is 19.5 Å².